The number of nitrogens with zero attached hydrogens (tertiary/aromatic N) is 2. The quantitative estimate of drug-likeness (QED) is 0.210. The van der Waals surface area contributed by atoms with Gasteiger partial charge in [0, 0.05) is 29.7 Å². The standard InChI is InChI=1S/C40H26N2/c1-2-11-27(12-3-1)39-34-14-4-6-16-36(34)40(37-17-7-5-15-35(37)39)29-20-21-33-28(23-29)13-10-18-32(33)30-24-31(26-41-25-30)38-19-8-9-22-42-38/h1-26H. The lowest BCUT2D eigenvalue weighted by molar-refractivity contribution is 1.28. The van der Waals surface area contributed by atoms with E-state index in [1.807, 2.05) is 36.8 Å². The number of aromatic nitrogens is 2. The molecule has 0 aliphatic heterocycles. The first-order chi connectivity index (χ1) is 20.8. The monoisotopic (exact) mass is 534 g/mol. The van der Waals surface area contributed by atoms with E-state index < -0.39 is 0 Å². The zero-order chi connectivity index (χ0) is 27.9. The van der Waals surface area contributed by atoms with Gasteiger partial charge in [-0.2, -0.15) is 0 Å². The molecule has 0 aliphatic rings. The predicted octanol–water partition coefficient (Wildman–Crippen LogP) is 10.6. The Bertz CT molecular complexity index is 2180. The molecule has 0 amide bonds. The van der Waals surface area contributed by atoms with E-state index >= 15 is 0 Å². The van der Waals surface area contributed by atoms with Crippen molar-refractivity contribution in [2.45, 2.75) is 0 Å². The van der Waals surface area contributed by atoms with Crippen molar-refractivity contribution in [2.75, 3.05) is 0 Å². The Balaban J connectivity index is 1.34. The van der Waals surface area contributed by atoms with Crippen LogP contribution in [0.4, 0.5) is 0 Å². The van der Waals surface area contributed by atoms with Gasteiger partial charge in [0.15, 0.2) is 0 Å². The van der Waals surface area contributed by atoms with Gasteiger partial charge in [-0.3, -0.25) is 9.97 Å². The Hall–Kier alpha value is -5.60. The SMILES string of the molecule is c1ccc(-c2c3ccccc3c(-c3ccc4c(-c5cncc(-c6ccccn6)c5)cccc4c3)c3ccccc23)cc1. The highest BCUT2D eigenvalue weighted by Gasteiger charge is 2.17. The highest BCUT2D eigenvalue weighted by Crippen LogP contribution is 2.44. The largest absolute Gasteiger partial charge is 0.263 e. The Kier molecular flexibility index (Phi) is 5.82. The maximum Gasteiger partial charge on any atom is 0.0717 e. The Morgan fingerprint density at radius 1 is 0.381 bits per heavy atom. The van der Waals surface area contributed by atoms with Crippen LogP contribution < -0.4 is 0 Å². The van der Waals surface area contributed by atoms with E-state index in [2.05, 4.69) is 131 Å². The smallest absolute Gasteiger partial charge is 0.0717 e. The average Bonchev–Trinajstić information content (AvgIpc) is 3.07. The maximum absolute atomic E-state index is 4.57. The van der Waals surface area contributed by atoms with Crippen molar-refractivity contribution >= 4 is 32.3 Å². The van der Waals surface area contributed by atoms with Crippen molar-refractivity contribution in [3.05, 3.63) is 158 Å². The van der Waals surface area contributed by atoms with Crippen LogP contribution in [0.25, 0.3) is 77.0 Å². The van der Waals surface area contributed by atoms with Gasteiger partial charge in [0.1, 0.15) is 0 Å². The van der Waals surface area contributed by atoms with Crippen LogP contribution in [0, 0.1) is 0 Å². The predicted molar refractivity (Wildman–Crippen MR) is 176 cm³/mol. The molecule has 0 spiro atoms. The van der Waals surface area contributed by atoms with Crippen molar-refractivity contribution in [2.24, 2.45) is 0 Å². The number of hydrogen-bond donors (Lipinski definition) is 0. The van der Waals surface area contributed by atoms with Gasteiger partial charge in [0.05, 0.1) is 5.69 Å². The molecule has 2 nitrogen and oxygen atoms in total. The highest BCUT2D eigenvalue weighted by atomic mass is 14.7. The minimum Gasteiger partial charge on any atom is -0.263 e. The summed E-state index contributed by atoms with van der Waals surface area (Å²) in [5.41, 5.74) is 9.19. The van der Waals surface area contributed by atoms with Crippen LogP contribution in [0.1, 0.15) is 0 Å². The summed E-state index contributed by atoms with van der Waals surface area (Å²) in [6, 6.07) is 49.9. The number of hydrogen-bond acceptors (Lipinski definition) is 2. The molecule has 0 fully saturated rings. The average molecular weight is 535 g/mol. The summed E-state index contributed by atoms with van der Waals surface area (Å²) < 4.78 is 0. The third-order valence-corrected chi connectivity index (χ3v) is 8.17. The molecule has 42 heavy (non-hydrogen) atoms. The van der Waals surface area contributed by atoms with Gasteiger partial charge in [0.2, 0.25) is 0 Å². The molecule has 0 saturated heterocycles. The molecule has 8 aromatic rings. The van der Waals surface area contributed by atoms with E-state index in [-0.39, 0.29) is 0 Å². The molecule has 0 unspecified atom stereocenters. The molecular formula is C40H26N2. The van der Waals surface area contributed by atoms with Crippen molar-refractivity contribution in [3.63, 3.8) is 0 Å². The fraction of sp³-hybridized carbons (Fsp3) is 0. The zero-order valence-corrected chi connectivity index (χ0v) is 22.9. The Morgan fingerprint density at radius 2 is 1.02 bits per heavy atom. The van der Waals surface area contributed by atoms with Crippen molar-refractivity contribution < 1.29 is 0 Å². The first-order valence-electron chi connectivity index (χ1n) is 14.2. The molecule has 0 bridgehead atoms. The Labute approximate surface area is 244 Å². The first kappa shape index (κ1) is 24.2. The van der Waals surface area contributed by atoms with Crippen molar-refractivity contribution in [1.82, 2.24) is 9.97 Å². The normalized spacial score (nSPS) is 11.3. The number of pyridine rings is 2. The van der Waals surface area contributed by atoms with Crippen LogP contribution in [0.5, 0.6) is 0 Å². The molecule has 2 heterocycles. The first-order valence-corrected chi connectivity index (χ1v) is 14.2. The fourth-order valence-corrected chi connectivity index (χ4v) is 6.31. The van der Waals surface area contributed by atoms with Gasteiger partial charge in [0.25, 0.3) is 0 Å². The lowest BCUT2D eigenvalue weighted by atomic mass is 9.85. The van der Waals surface area contributed by atoms with Crippen molar-refractivity contribution in [3.8, 4) is 44.6 Å². The van der Waals surface area contributed by atoms with E-state index in [1.165, 1.54) is 60.1 Å². The van der Waals surface area contributed by atoms with Gasteiger partial charge >= 0.3 is 0 Å². The summed E-state index contributed by atoms with van der Waals surface area (Å²) in [5, 5.41) is 7.47. The lowest BCUT2D eigenvalue weighted by Gasteiger charge is -2.18. The second-order valence-corrected chi connectivity index (χ2v) is 10.6. The maximum atomic E-state index is 4.57. The minimum absolute atomic E-state index is 0.923. The number of benzene rings is 6. The van der Waals surface area contributed by atoms with E-state index in [0.29, 0.717) is 0 Å². The third-order valence-electron chi connectivity index (χ3n) is 8.17. The van der Waals surface area contributed by atoms with Gasteiger partial charge in [-0.1, -0.05) is 115 Å². The molecule has 2 heteroatoms. The third kappa shape index (κ3) is 4.05. The topological polar surface area (TPSA) is 25.8 Å². The van der Waals surface area contributed by atoms with Crippen molar-refractivity contribution in [1.29, 1.82) is 0 Å². The van der Waals surface area contributed by atoms with Gasteiger partial charge in [-0.15, -0.1) is 0 Å². The fourth-order valence-electron chi connectivity index (χ4n) is 6.31. The second-order valence-electron chi connectivity index (χ2n) is 10.6. The second kappa shape index (κ2) is 10.1. The lowest BCUT2D eigenvalue weighted by Crippen LogP contribution is -1.91. The number of rotatable bonds is 4. The summed E-state index contributed by atoms with van der Waals surface area (Å²) in [7, 11) is 0. The Morgan fingerprint density at radius 3 is 1.71 bits per heavy atom. The molecule has 8 rings (SSSR count). The van der Waals surface area contributed by atoms with Gasteiger partial charge in [-0.25, -0.2) is 0 Å². The summed E-state index contributed by atoms with van der Waals surface area (Å²) in [4.78, 5) is 9.10. The van der Waals surface area contributed by atoms with Gasteiger partial charge in [-0.05, 0) is 84.4 Å². The van der Waals surface area contributed by atoms with E-state index in [1.54, 1.807) is 0 Å². The molecule has 2 aromatic heterocycles. The molecular weight excluding hydrogens is 508 g/mol. The zero-order valence-electron chi connectivity index (χ0n) is 22.9. The summed E-state index contributed by atoms with van der Waals surface area (Å²) in [6.07, 6.45) is 5.64. The summed E-state index contributed by atoms with van der Waals surface area (Å²) in [6.45, 7) is 0. The van der Waals surface area contributed by atoms with E-state index in [0.717, 1.165) is 16.8 Å². The van der Waals surface area contributed by atoms with Crippen LogP contribution in [0.15, 0.2) is 158 Å². The van der Waals surface area contributed by atoms with E-state index in [9.17, 15) is 0 Å². The van der Waals surface area contributed by atoms with Crippen LogP contribution in [0.3, 0.4) is 0 Å². The van der Waals surface area contributed by atoms with E-state index in [4.69, 9.17) is 0 Å². The minimum atomic E-state index is 0.923. The van der Waals surface area contributed by atoms with Crippen LogP contribution in [-0.4, -0.2) is 9.97 Å². The molecule has 196 valence electrons. The summed E-state index contributed by atoms with van der Waals surface area (Å²) in [5.74, 6) is 0. The molecule has 0 atom stereocenters. The van der Waals surface area contributed by atoms with Gasteiger partial charge < -0.3 is 0 Å². The molecule has 0 radical (unpaired) electrons. The van der Waals surface area contributed by atoms with Crippen LogP contribution in [0.2, 0.25) is 0 Å². The van der Waals surface area contributed by atoms with Crippen LogP contribution >= 0.6 is 0 Å². The molecule has 0 aliphatic carbocycles. The molecule has 0 saturated carbocycles. The summed E-state index contributed by atoms with van der Waals surface area (Å²) >= 11 is 0. The molecule has 6 aromatic carbocycles. The van der Waals surface area contributed by atoms with Crippen LogP contribution in [-0.2, 0) is 0 Å². The highest BCUT2D eigenvalue weighted by molar-refractivity contribution is 6.21. The molecule has 0 N–H and O–H groups in total. The number of fused-ring (bicyclic) bond motifs is 3.